The summed E-state index contributed by atoms with van der Waals surface area (Å²) in [6.07, 6.45) is 8.35. The Balaban J connectivity index is -0.0000000419. The predicted octanol–water partition coefficient (Wildman–Crippen LogP) is 1.97. The van der Waals surface area contributed by atoms with Gasteiger partial charge in [-0.05, 0) is 33.0 Å². The van der Waals surface area contributed by atoms with Crippen molar-refractivity contribution in [2.24, 2.45) is 0 Å². The zero-order valence-electron chi connectivity index (χ0n) is 11.5. The third-order valence-electron chi connectivity index (χ3n) is 2.29. The fraction of sp³-hybridized carbons (Fsp3) is 1.00. The monoisotopic (exact) mass is 241 g/mol. The fourth-order valence-electron chi connectivity index (χ4n) is 1.41. The highest BCUT2D eigenvalue weighted by atomic mass is 16.0. The quantitative estimate of drug-likeness (QED) is 0.764. The van der Waals surface area contributed by atoms with Crippen molar-refractivity contribution >= 4 is 0 Å². The van der Waals surface area contributed by atoms with Crippen molar-refractivity contribution in [2.45, 2.75) is 52.4 Å². The van der Waals surface area contributed by atoms with Crippen molar-refractivity contribution in [2.75, 3.05) is 20.1 Å². The van der Waals surface area contributed by atoms with Crippen LogP contribution in [0.5, 0.6) is 0 Å². The van der Waals surface area contributed by atoms with Gasteiger partial charge < -0.3 is 28.2 Å². The minimum atomic E-state index is 0. The second kappa shape index (κ2) is 24.2. The molecular weight excluding hydrogens is 206 g/mol. The first-order valence-corrected chi connectivity index (χ1v) is 5.49. The maximum absolute atomic E-state index is 2.39. The summed E-state index contributed by atoms with van der Waals surface area (Å²) in [5.41, 5.74) is 0. The normalized spacial score (nSPS) is 13.7. The molecule has 10 N–H and O–H groups in total. The van der Waals surface area contributed by atoms with Crippen LogP contribution in [0.4, 0.5) is 0 Å². The molecule has 0 aromatic carbocycles. The lowest BCUT2D eigenvalue weighted by atomic mass is 10.1. The van der Waals surface area contributed by atoms with E-state index in [2.05, 4.69) is 25.8 Å². The van der Waals surface area contributed by atoms with E-state index >= 15 is 0 Å². The highest BCUT2D eigenvalue weighted by Crippen LogP contribution is 2.04. The molecule has 1 heterocycles. The molecule has 5 heteroatoms. The maximum Gasteiger partial charge on any atom is -0.00218 e. The highest BCUT2D eigenvalue weighted by molar-refractivity contribution is 4.58. The molecule has 1 fully saturated rings. The summed E-state index contributed by atoms with van der Waals surface area (Å²) in [4.78, 5) is 2.39. The van der Waals surface area contributed by atoms with Crippen LogP contribution in [0, 0.1) is 0 Å². The number of rotatable bonds is 2. The summed E-state index contributed by atoms with van der Waals surface area (Å²) in [5, 5.41) is 0. The molecule has 0 saturated carbocycles. The number of hydrogen-bond acceptors (Lipinski definition) is 3. The third-order valence-corrected chi connectivity index (χ3v) is 2.29. The minimum Gasteiger partial charge on any atom is -0.412 e. The molecule has 1 rings (SSSR count). The molecule has 0 atom stereocenters. The van der Waals surface area contributed by atoms with Crippen LogP contribution in [-0.4, -0.2) is 36.0 Å². The molecule has 1 aliphatic rings. The summed E-state index contributed by atoms with van der Waals surface area (Å²) < 4.78 is 0. The molecule has 106 valence electrons. The molecule has 0 aromatic heterocycles. The molecule has 0 aromatic rings. The average Bonchev–Trinajstić information content (AvgIpc) is 2.08. The molecule has 0 radical (unpaired) electrons. The Morgan fingerprint density at radius 2 is 1.19 bits per heavy atom. The zero-order valence-corrected chi connectivity index (χ0v) is 11.5. The molecular formula is C11H35N3O2. The van der Waals surface area contributed by atoms with E-state index in [1.807, 2.05) is 0 Å². The second-order valence-corrected chi connectivity index (χ2v) is 3.72. The number of hydrogen-bond donors (Lipinski definition) is 2. The summed E-state index contributed by atoms with van der Waals surface area (Å²) in [6, 6.07) is 0. The van der Waals surface area contributed by atoms with Crippen LogP contribution in [0.15, 0.2) is 0 Å². The molecule has 1 aliphatic heterocycles. The van der Waals surface area contributed by atoms with Gasteiger partial charge in [0, 0.05) is 0 Å². The SMILES string of the molecule is CCCCC.CN1CCCCC1.N.N.O.O. The molecule has 0 aliphatic carbocycles. The first kappa shape index (κ1) is 29.7. The van der Waals surface area contributed by atoms with Gasteiger partial charge in [-0.15, -0.1) is 0 Å². The van der Waals surface area contributed by atoms with Gasteiger partial charge in [-0.25, -0.2) is 0 Å². The van der Waals surface area contributed by atoms with Crippen molar-refractivity contribution in [3.05, 3.63) is 0 Å². The Kier molecular flexibility index (Phi) is 44.8. The van der Waals surface area contributed by atoms with Crippen LogP contribution < -0.4 is 12.3 Å². The van der Waals surface area contributed by atoms with Gasteiger partial charge in [-0.1, -0.05) is 39.5 Å². The van der Waals surface area contributed by atoms with Gasteiger partial charge in [0.15, 0.2) is 0 Å². The molecule has 0 bridgehead atoms. The average molecular weight is 241 g/mol. The van der Waals surface area contributed by atoms with Crippen molar-refractivity contribution in [1.29, 1.82) is 0 Å². The van der Waals surface area contributed by atoms with Crippen LogP contribution in [-0.2, 0) is 0 Å². The third kappa shape index (κ3) is 23.5. The fourth-order valence-corrected chi connectivity index (χ4v) is 1.41. The maximum atomic E-state index is 2.39. The number of unbranched alkanes of at least 4 members (excludes halogenated alkanes) is 2. The van der Waals surface area contributed by atoms with E-state index in [1.165, 1.54) is 51.6 Å². The van der Waals surface area contributed by atoms with Crippen molar-refractivity contribution in [1.82, 2.24) is 17.2 Å². The summed E-state index contributed by atoms with van der Waals surface area (Å²) in [6.45, 7) is 7.06. The van der Waals surface area contributed by atoms with Gasteiger partial charge in [-0.3, -0.25) is 0 Å². The lowest BCUT2D eigenvalue weighted by Crippen LogP contribution is -2.24. The van der Waals surface area contributed by atoms with Crippen LogP contribution in [0.3, 0.4) is 0 Å². The Bertz CT molecular complexity index is 87.3. The second-order valence-electron chi connectivity index (χ2n) is 3.72. The van der Waals surface area contributed by atoms with Gasteiger partial charge in [0.1, 0.15) is 0 Å². The van der Waals surface area contributed by atoms with Gasteiger partial charge >= 0.3 is 0 Å². The topological polar surface area (TPSA) is 136 Å². The van der Waals surface area contributed by atoms with Crippen LogP contribution in [0.1, 0.15) is 52.4 Å². The van der Waals surface area contributed by atoms with E-state index in [4.69, 9.17) is 0 Å². The number of piperidine rings is 1. The Hall–Kier alpha value is -0.200. The lowest BCUT2D eigenvalue weighted by molar-refractivity contribution is 0.277. The largest absolute Gasteiger partial charge is 0.412 e. The standard InChI is InChI=1S/C6H13N.C5H12.2H3N.2H2O/c1-7-5-3-2-4-6-7;1-3-5-4-2;;;;/h2-6H2,1H3;3-5H2,1-2H3;2*1H3;2*1H2. The number of nitrogens with zero attached hydrogens (tertiary/aromatic N) is 1. The summed E-state index contributed by atoms with van der Waals surface area (Å²) in [7, 11) is 2.19. The summed E-state index contributed by atoms with van der Waals surface area (Å²) in [5.74, 6) is 0. The van der Waals surface area contributed by atoms with E-state index in [0.717, 1.165) is 0 Å². The Morgan fingerprint density at radius 1 is 0.812 bits per heavy atom. The summed E-state index contributed by atoms with van der Waals surface area (Å²) >= 11 is 0. The number of likely N-dealkylation sites (tertiary alicyclic amines) is 1. The molecule has 0 spiro atoms. The van der Waals surface area contributed by atoms with Crippen molar-refractivity contribution in [3.8, 4) is 0 Å². The first-order chi connectivity index (χ1) is 5.81. The highest BCUT2D eigenvalue weighted by Gasteiger charge is 2.02. The lowest BCUT2D eigenvalue weighted by Gasteiger charge is -2.20. The van der Waals surface area contributed by atoms with Gasteiger partial charge in [0.05, 0.1) is 0 Å². The molecule has 1 saturated heterocycles. The van der Waals surface area contributed by atoms with E-state index in [-0.39, 0.29) is 23.3 Å². The van der Waals surface area contributed by atoms with Crippen molar-refractivity contribution in [3.63, 3.8) is 0 Å². The van der Waals surface area contributed by atoms with Crippen LogP contribution >= 0.6 is 0 Å². The molecule has 0 amide bonds. The van der Waals surface area contributed by atoms with E-state index in [9.17, 15) is 0 Å². The minimum absolute atomic E-state index is 0. The Labute approximate surface area is 101 Å². The van der Waals surface area contributed by atoms with Gasteiger partial charge in [0.25, 0.3) is 0 Å². The predicted molar refractivity (Wildman–Crippen MR) is 73.8 cm³/mol. The smallest absolute Gasteiger partial charge is 0.00218 e. The zero-order chi connectivity index (χ0) is 9.23. The molecule has 16 heavy (non-hydrogen) atoms. The molecule has 5 nitrogen and oxygen atoms in total. The van der Waals surface area contributed by atoms with E-state index < -0.39 is 0 Å². The molecule has 0 unspecified atom stereocenters. The Morgan fingerprint density at radius 3 is 1.31 bits per heavy atom. The van der Waals surface area contributed by atoms with E-state index in [0.29, 0.717) is 0 Å². The van der Waals surface area contributed by atoms with Crippen molar-refractivity contribution < 1.29 is 11.0 Å². The van der Waals surface area contributed by atoms with Crippen LogP contribution in [0.25, 0.3) is 0 Å². The van der Waals surface area contributed by atoms with Gasteiger partial charge in [-0.2, -0.15) is 0 Å². The first-order valence-electron chi connectivity index (χ1n) is 5.49. The van der Waals surface area contributed by atoms with E-state index in [1.54, 1.807) is 0 Å². The van der Waals surface area contributed by atoms with Crippen LogP contribution in [0.2, 0.25) is 0 Å². The van der Waals surface area contributed by atoms with Gasteiger partial charge in [0.2, 0.25) is 0 Å².